The van der Waals surface area contributed by atoms with E-state index in [1.165, 1.54) is 12.1 Å². The summed E-state index contributed by atoms with van der Waals surface area (Å²) in [4.78, 5) is 11.7. The van der Waals surface area contributed by atoms with Crippen LogP contribution in [0.1, 0.15) is 10.4 Å². The van der Waals surface area contributed by atoms with Crippen LogP contribution in [0.15, 0.2) is 36.4 Å². The van der Waals surface area contributed by atoms with E-state index in [9.17, 15) is 18.0 Å². The number of benzene rings is 2. The number of para-hydroxylation sites is 1. The quantitative estimate of drug-likeness (QED) is 0.821. The third-order valence-electron chi connectivity index (χ3n) is 2.47. The van der Waals surface area contributed by atoms with Crippen LogP contribution in [0.3, 0.4) is 0 Å². The molecule has 0 aliphatic rings. The van der Waals surface area contributed by atoms with Crippen molar-refractivity contribution >= 4 is 17.3 Å². The fourth-order valence-electron chi connectivity index (χ4n) is 1.56. The summed E-state index contributed by atoms with van der Waals surface area (Å²) in [6, 6.07) is 6.77. The smallest absolute Gasteiger partial charge is 0.261 e. The van der Waals surface area contributed by atoms with E-state index >= 15 is 0 Å². The van der Waals surface area contributed by atoms with Gasteiger partial charge in [0.15, 0.2) is 0 Å². The van der Waals surface area contributed by atoms with Gasteiger partial charge in [-0.05, 0) is 24.3 Å². The van der Waals surface area contributed by atoms with Crippen molar-refractivity contribution in [2.45, 2.75) is 0 Å². The second-order valence-corrected chi connectivity index (χ2v) is 3.75. The molecule has 0 atom stereocenters. The van der Waals surface area contributed by atoms with E-state index in [2.05, 4.69) is 5.32 Å². The molecule has 0 bridgehead atoms. The van der Waals surface area contributed by atoms with Crippen molar-refractivity contribution in [1.29, 1.82) is 0 Å². The van der Waals surface area contributed by atoms with Gasteiger partial charge in [-0.2, -0.15) is 0 Å². The molecule has 3 N–H and O–H groups in total. The van der Waals surface area contributed by atoms with Crippen LogP contribution in [-0.4, -0.2) is 5.91 Å². The summed E-state index contributed by atoms with van der Waals surface area (Å²) in [5.74, 6) is -3.96. The zero-order valence-corrected chi connectivity index (χ0v) is 9.58. The standard InChI is InChI=1S/C13H9F3N2O/c14-7-3-1-4-8(15)11(7)13(19)18-12-9(16)5-2-6-10(12)17/h1-6H,17H2,(H,18,19). The first-order chi connectivity index (χ1) is 9.00. The molecule has 98 valence electrons. The van der Waals surface area contributed by atoms with Gasteiger partial charge in [-0.3, -0.25) is 4.79 Å². The molecule has 0 spiro atoms. The third kappa shape index (κ3) is 2.52. The van der Waals surface area contributed by atoms with Crippen molar-refractivity contribution in [1.82, 2.24) is 0 Å². The molecular weight excluding hydrogens is 257 g/mol. The predicted molar refractivity (Wildman–Crippen MR) is 65.1 cm³/mol. The molecule has 0 saturated heterocycles. The van der Waals surface area contributed by atoms with Gasteiger partial charge in [0.25, 0.3) is 5.91 Å². The van der Waals surface area contributed by atoms with Crippen molar-refractivity contribution in [3.05, 3.63) is 59.4 Å². The van der Waals surface area contributed by atoms with E-state index < -0.39 is 28.9 Å². The lowest BCUT2D eigenvalue weighted by Crippen LogP contribution is -2.17. The first-order valence-electron chi connectivity index (χ1n) is 5.30. The highest BCUT2D eigenvalue weighted by Gasteiger charge is 2.19. The molecule has 0 unspecified atom stereocenters. The minimum atomic E-state index is -1.10. The Labute approximate surface area is 106 Å². The minimum absolute atomic E-state index is 0.0369. The number of nitrogen functional groups attached to an aromatic ring is 1. The van der Waals surface area contributed by atoms with Crippen LogP contribution in [-0.2, 0) is 0 Å². The van der Waals surface area contributed by atoms with Gasteiger partial charge in [0.2, 0.25) is 0 Å². The molecule has 6 heteroatoms. The lowest BCUT2D eigenvalue weighted by atomic mass is 10.1. The molecule has 0 radical (unpaired) electrons. The number of hydrogen-bond acceptors (Lipinski definition) is 2. The van der Waals surface area contributed by atoms with Crippen LogP contribution < -0.4 is 11.1 Å². The number of carbonyl (C=O) groups is 1. The summed E-state index contributed by atoms with van der Waals surface area (Å²) >= 11 is 0. The van der Waals surface area contributed by atoms with E-state index in [4.69, 9.17) is 5.73 Å². The molecule has 0 saturated carbocycles. The zero-order valence-electron chi connectivity index (χ0n) is 9.58. The zero-order chi connectivity index (χ0) is 14.0. The third-order valence-corrected chi connectivity index (χ3v) is 2.47. The molecule has 3 nitrogen and oxygen atoms in total. The SMILES string of the molecule is Nc1cccc(F)c1NC(=O)c1c(F)cccc1F. The van der Waals surface area contributed by atoms with Crippen molar-refractivity contribution in [3.8, 4) is 0 Å². The summed E-state index contributed by atoms with van der Waals surface area (Å²) in [6.45, 7) is 0. The Morgan fingerprint density at radius 1 is 0.947 bits per heavy atom. The summed E-state index contributed by atoms with van der Waals surface area (Å²) in [6.07, 6.45) is 0. The highest BCUT2D eigenvalue weighted by Crippen LogP contribution is 2.23. The summed E-state index contributed by atoms with van der Waals surface area (Å²) in [7, 11) is 0. The van der Waals surface area contributed by atoms with Crippen molar-refractivity contribution < 1.29 is 18.0 Å². The molecule has 19 heavy (non-hydrogen) atoms. The van der Waals surface area contributed by atoms with Gasteiger partial charge in [-0.1, -0.05) is 12.1 Å². The monoisotopic (exact) mass is 266 g/mol. The maximum Gasteiger partial charge on any atom is 0.261 e. The molecule has 0 fully saturated rings. The lowest BCUT2D eigenvalue weighted by Gasteiger charge is -2.10. The predicted octanol–water partition coefficient (Wildman–Crippen LogP) is 2.94. The number of halogens is 3. The van der Waals surface area contributed by atoms with Crippen LogP contribution in [0.4, 0.5) is 24.5 Å². The van der Waals surface area contributed by atoms with Crippen LogP contribution in [0.5, 0.6) is 0 Å². The van der Waals surface area contributed by atoms with E-state index in [1.807, 2.05) is 0 Å². The Morgan fingerprint density at radius 2 is 1.47 bits per heavy atom. The molecule has 0 aliphatic heterocycles. The van der Waals surface area contributed by atoms with Crippen molar-refractivity contribution in [2.75, 3.05) is 11.1 Å². The average molecular weight is 266 g/mol. The average Bonchev–Trinajstić information content (AvgIpc) is 2.34. The Bertz CT molecular complexity index is 603. The Balaban J connectivity index is 2.37. The largest absolute Gasteiger partial charge is 0.397 e. The first kappa shape index (κ1) is 12.9. The number of hydrogen-bond donors (Lipinski definition) is 2. The lowest BCUT2D eigenvalue weighted by molar-refractivity contribution is 0.101. The first-order valence-corrected chi connectivity index (χ1v) is 5.30. The van der Waals surface area contributed by atoms with Gasteiger partial charge in [0.05, 0.1) is 5.69 Å². The maximum atomic E-state index is 13.4. The molecular formula is C13H9F3N2O. The Hall–Kier alpha value is -2.50. The highest BCUT2D eigenvalue weighted by molar-refractivity contribution is 6.06. The fourth-order valence-corrected chi connectivity index (χ4v) is 1.56. The van der Waals surface area contributed by atoms with E-state index in [1.54, 1.807) is 0 Å². The van der Waals surface area contributed by atoms with Crippen LogP contribution in [0, 0.1) is 17.5 Å². The number of nitrogens with two attached hydrogens (primary N) is 1. The van der Waals surface area contributed by atoms with Crippen LogP contribution in [0.2, 0.25) is 0 Å². The van der Waals surface area contributed by atoms with Gasteiger partial charge >= 0.3 is 0 Å². The van der Waals surface area contributed by atoms with Gasteiger partial charge in [-0.25, -0.2) is 13.2 Å². The topological polar surface area (TPSA) is 55.1 Å². The summed E-state index contributed by atoms with van der Waals surface area (Å²) in [5, 5.41) is 2.06. The normalized spacial score (nSPS) is 10.3. The van der Waals surface area contributed by atoms with Crippen LogP contribution >= 0.6 is 0 Å². The number of nitrogens with one attached hydrogen (secondary N) is 1. The number of carbonyl (C=O) groups excluding carboxylic acids is 1. The molecule has 2 aromatic rings. The highest BCUT2D eigenvalue weighted by atomic mass is 19.1. The van der Waals surface area contributed by atoms with Crippen molar-refractivity contribution in [3.63, 3.8) is 0 Å². The number of amides is 1. The maximum absolute atomic E-state index is 13.4. The van der Waals surface area contributed by atoms with E-state index in [-0.39, 0.29) is 11.4 Å². The molecule has 2 rings (SSSR count). The van der Waals surface area contributed by atoms with Gasteiger partial charge in [0.1, 0.15) is 28.7 Å². The fraction of sp³-hybridized carbons (Fsp3) is 0. The van der Waals surface area contributed by atoms with E-state index in [0.29, 0.717) is 0 Å². The van der Waals surface area contributed by atoms with Gasteiger partial charge in [0, 0.05) is 0 Å². The molecule has 0 aliphatic carbocycles. The molecule has 0 aromatic heterocycles. The van der Waals surface area contributed by atoms with E-state index in [0.717, 1.165) is 24.3 Å². The van der Waals surface area contributed by atoms with Crippen LogP contribution in [0.25, 0.3) is 0 Å². The Kier molecular flexibility index (Phi) is 3.41. The molecule has 2 aromatic carbocycles. The van der Waals surface area contributed by atoms with Crippen molar-refractivity contribution in [2.24, 2.45) is 0 Å². The summed E-state index contributed by atoms with van der Waals surface area (Å²) in [5.41, 5.74) is 4.35. The second-order valence-electron chi connectivity index (χ2n) is 3.75. The minimum Gasteiger partial charge on any atom is -0.397 e. The summed E-state index contributed by atoms with van der Waals surface area (Å²) < 4.78 is 40.2. The van der Waals surface area contributed by atoms with Gasteiger partial charge < -0.3 is 11.1 Å². The molecule has 1 amide bonds. The van der Waals surface area contributed by atoms with Gasteiger partial charge in [-0.15, -0.1) is 0 Å². The molecule has 0 heterocycles. The Morgan fingerprint density at radius 3 is 2.05 bits per heavy atom. The second kappa shape index (κ2) is 5.01. The number of anilines is 2. The number of rotatable bonds is 2.